The molecule has 0 radical (unpaired) electrons. The maximum absolute atomic E-state index is 11.0. The van der Waals surface area contributed by atoms with Gasteiger partial charge < -0.3 is 15.5 Å². The smallest absolute Gasteiger partial charge is 0.230 e. The van der Waals surface area contributed by atoms with E-state index < -0.39 is 6.04 Å². The summed E-state index contributed by atoms with van der Waals surface area (Å²) in [5.41, 5.74) is 0. The van der Waals surface area contributed by atoms with E-state index in [9.17, 15) is 4.79 Å². The van der Waals surface area contributed by atoms with Gasteiger partial charge in [-0.1, -0.05) is 0 Å². The molecule has 0 aliphatic rings. The summed E-state index contributed by atoms with van der Waals surface area (Å²) >= 11 is 1.19. The molecular weight excluding hydrogens is 192 g/mol. The molecule has 0 bridgehead atoms. The Kier molecular flexibility index (Phi) is 7.39. The largest absolute Gasteiger partial charge is 0.394 e. The average molecular weight is 204 g/mol. The highest BCUT2D eigenvalue weighted by molar-refractivity contribution is 8.00. The number of hydrogen-bond donors (Lipinski definition) is 3. The first-order valence-corrected chi connectivity index (χ1v) is 4.85. The zero-order valence-electron chi connectivity index (χ0n) is 7.06. The molecule has 74 valence electrons. The maximum atomic E-state index is 11.0. The van der Waals surface area contributed by atoms with Crippen molar-refractivity contribution in [1.29, 1.82) is 5.26 Å². The predicted molar refractivity (Wildman–Crippen MR) is 49.0 cm³/mol. The summed E-state index contributed by atoms with van der Waals surface area (Å²) in [6.45, 7) is -0.573. The Labute approximate surface area is 80.7 Å². The molecule has 0 saturated carbocycles. The van der Waals surface area contributed by atoms with Crippen LogP contribution in [0.15, 0.2) is 0 Å². The normalized spacial score (nSPS) is 9.69. The van der Waals surface area contributed by atoms with Gasteiger partial charge in [0.05, 0.1) is 36.8 Å². The molecule has 0 aromatic rings. The van der Waals surface area contributed by atoms with Crippen LogP contribution in [0.5, 0.6) is 0 Å². The predicted octanol–water partition coefficient (Wildman–Crippen LogP) is -1.29. The molecule has 0 aromatic carbocycles. The second kappa shape index (κ2) is 7.86. The zero-order valence-corrected chi connectivity index (χ0v) is 7.88. The fourth-order valence-electron chi connectivity index (χ4n) is 0.608. The van der Waals surface area contributed by atoms with E-state index in [0.717, 1.165) is 0 Å². The van der Waals surface area contributed by atoms with E-state index in [1.807, 2.05) is 6.07 Å². The summed E-state index contributed by atoms with van der Waals surface area (Å²) < 4.78 is 0. The third-order valence-electron chi connectivity index (χ3n) is 1.21. The highest BCUT2D eigenvalue weighted by Gasteiger charge is 2.09. The molecule has 0 rings (SSSR count). The molecule has 13 heavy (non-hydrogen) atoms. The lowest BCUT2D eigenvalue weighted by molar-refractivity contribution is -0.119. The van der Waals surface area contributed by atoms with Gasteiger partial charge in [0.25, 0.3) is 0 Å². The number of thioether (sulfide) groups is 1. The summed E-state index contributed by atoms with van der Waals surface area (Å²) in [6.07, 6.45) is 0. The SMILES string of the molecule is N#CCSCC(=O)NC(CO)CO. The molecule has 1 amide bonds. The lowest BCUT2D eigenvalue weighted by Crippen LogP contribution is -2.41. The van der Waals surface area contributed by atoms with Gasteiger partial charge in [-0.3, -0.25) is 4.79 Å². The van der Waals surface area contributed by atoms with Crippen LogP contribution in [0.2, 0.25) is 0 Å². The third-order valence-corrected chi connectivity index (χ3v) is 2.01. The van der Waals surface area contributed by atoms with Gasteiger partial charge in [-0.05, 0) is 0 Å². The Morgan fingerprint density at radius 1 is 1.54 bits per heavy atom. The number of nitrogens with one attached hydrogen (secondary N) is 1. The highest BCUT2D eigenvalue weighted by Crippen LogP contribution is 1.97. The van der Waals surface area contributed by atoms with Gasteiger partial charge in [0, 0.05) is 0 Å². The number of amides is 1. The number of nitriles is 1. The number of nitrogens with zero attached hydrogens (tertiary/aromatic N) is 1. The van der Waals surface area contributed by atoms with E-state index in [-0.39, 0.29) is 30.6 Å². The molecule has 0 atom stereocenters. The van der Waals surface area contributed by atoms with E-state index in [2.05, 4.69) is 5.32 Å². The van der Waals surface area contributed by atoms with Gasteiger partial charge in [0.2, 0.25) is 5.91 Å². The molecule has 0 heterocycles. The van der Waals surface area contributed by atoms with Crippen LogP contribution in [0.1, 0.15) is 0 Å². The molecule has 0 saturated heterocycles. The fraction of sp³-hybridized carbons (Fsp3) is 0.714. The van der Waals surface area contributed by atoms with Crippen LogP contribution in [0.25, 0.3) is 0 Å². The van der Waals surface area contributed by atoms with Crippen LogP contribution in [0, 0.1) is 11.3 Å². The van der Waals surface area contributed by atoms with Gasteiger partial charge in [0.1, 0.15) is 0 Å². The van der Waals surface area contributed by atoms with Crippen LogP contribution in [-0.2, 0) is 4.79 Å². The number of rotatable bonds is 6. The van der Waals surface area contributed by atoms with Gasteiger partial charge in [-0.25, -0.2) is 0 Å². The minimum atomic E-state index is -0.602. The third kappa shape index (κ3) is 6.40. The van der Waals surface area contributed by atoms with Crippen LogP contribution in [-0.4, -0.2) is 46.9 Å². The zero-order chi connectivity index (χ0) is 10.1. The van der Waals surface area contributed by atoms with Gasteiger partial charge in [-0.15, -0.1) is 11.8 Å². The number of hydrogen-bond acceptors (Lipinski definition) is 5. The Morgan fingerprint density at radius 2 is 2.15 bits per heavy atom. The Hall–Kier alpha value is -0.770. The number of aliphatic hydroxyl groups excluding tert-OH is 2. The first-order valence-electron chi connectivity index (χ1n) is 3.70. The molecule has 0 aromatic heterocycles. The second-order valence-electron chi connectivity index (χ2n) is 2.28. The summed E-state index contributed by atoms with van der Waals surface area (Å²) in [6, 6.07) is 1.29. The molecule has 0 fully saturated rings. The molecule has 0 aliphatic heterocycles. The Balaban J connectivity index is 3.55. The van der Waals surface area contributed by atoms with E-state index >= 15 is 0 Å². The van der Waals surface area contributed by atoms with Gasteiger partial charge in [0.15, 0.2) is 0 Å². The van der Waals surface area contributed by atoms with Gasteiger partial charge >= 0.3 is 0 Å². The van der Waals surface area contributed by atoms with E-state index in [1.165, 1.54) is 11.8 Å². The first kappa shape index (κ1) is 12.2. The van der Waals surface area contributed by atoms with E-state index in [0.29, 0.717) is 0 Å². The van der Waals surface area contributed by atoms with Crippen molar-refractivity contribution in [2.45, 2.75) is 6.04 Å². The highest BCUT2D eigenvalue weighted by atomic mass is 32.2. The minimum Gasteiger partial charge on any atom is -0.394 e. The molecule has 5 nitrogen and oxygen atoms in total. The Morgan fingerprint density at radius 3 is 2.62 bits per heavy atom. The summed E-state index contributed by atoms with van der Waals surface area (Å²) in [7, 11) is 0. The number of aliphatic hydroxyl groups is 2. The van der Waals surface area contributed by atoms with Crippen LogP contribution < -0.4 is 5.32 Å². The molecule has 6 heteroatoms. The fourth-order valence-corrected chi connectivity index (χ4v) is 1.07. The standard InChI is InChI=1S/C7H12N2O3S/c8-1-2-13-5-7(12)9-6(3-10)4-11/h6,10-11H,2-5H2,(H,9,12). The summed E-state index contributed by atoms with van der Waals surface area (Å²) in [5, 5.41) is 27.8. The van der Waals surface area contributed by atoms with Crippen molar-refractivity contribution in [3.63, 3.8) is 0 Å². The van der Waals surface area contributed by atoms with Crippen molar-refractivity contribution in [3.8, 4) is 6.07 Å². The van der Waals surface area contributed by atoms with Crippen molar-refractivity contribution in [3.05, 3.63) is 0 Å². The lowest BCUT2D eigenvalue weighted by Gasteiger charge is -2.12. The molecule has 3 N–H and O–H groups in total. The van der Waals surface area contributed by atoms with Crippen molar-refractivity contribution < 1.29 is 15.0 Å². The number of carbonyl (C=O) groups excluding carboxylic acids is 1. The number of carbonyl (C=O) groups is 1. The van der Waals surface area contributed by atoms with Crippen molar-refractivity contribution >= 4 is 17.7 Å². The quantitative estimate of drug-likeness (QED) is 0.468. The van der Waals surface area contributed by atoms with Crippen LogP contribution >= 0.6 is 11.8 Å². The Bertz CT molecular complexity index is 189. The topological polar surface area (TPSA) is 93.4 Å². The molecule has 0 spiro atoms. The van der Waals surface area contributed by atoms with Crippen molar-refractivity contribution in [2.75, 3.05) is 24.7 Å². The molecule has 0 aliphatic carbocycles. The molecular formula is C7H12N2O3S. The first-order chi connectivity index (χ1) is 6.24. The summed E-state index contributed by atoms with van der Waals surface area (Å²) in [4.78, 5) is 11.0. The van der Waals surface area contributed by atoms with Crippen LogP contribution in [0.3, 0.4) is 0 Å². The van der Waals surface area contributed by atoms with E-state index in [1.54, 1.807) is 0 Å². The lowest BCUT2D eigenvalue weighted by atomic mass is 10.3. The van der Waals surface area contributed by atoms with Crippen LogP contribution in [0.4, 0.5) is 0 Å². The maximum Gasteiger partial charge on any atom is 0.230 e. The average Bonchev–Trinajstić information content (AvgIpc) is 2.14. The van der Waals surface area contributed by atoms with Crippen molar-refractivity contribution in [2.24, 2.45) is 0 Å². The monoisotopic (exact) mass is 204 g/mol. The van der Waals surface area contributed by atoms with Crippen molar-refractivity contribution in [1.82, 2.24) is 5.32 Å². The van der Waals surface area contributed by atoms with Gasteiger partial charge in [-0.2, -0.15) is 5.26 Å². The van der Waals surface area contributed by atoms with E-state index in [4.69, 9.17) is 15.5 Å². The molecule has 0 unspecified atom stereocenters. The summed E-state index contributed by atoms with van der Waals surface area (Å²) in [5.74, 6) is 0.147. The minimum absolute atomic E-state index is 0.171. The second-order valence-corrected chi connectivity index (χ2v) is 3.27.